The van der Waals surface area contributed by atoms with Crippen LogP contribution in [0.5, 0.6) is 5.75 Å². The predicted octanol–water partition coefficient (Wildman–Crippen LogP) is 6.39. The molecule has 1 heterocycles. The number of anilines is 1. The number of hydrogen-bond donors (Lipinski definition) is 2. The van der Waals surface area contributed by atoms with E-state index < -0.39 is 5.54 Å². The average molecular weight is 484 g/mol. The second kappa shape index (κ2) is 10.6. The molecule has 178 valence electrons. The van der Waals surface area contributed by atoms with Crippen LogP contribution >= 0.6 is 11.3 Å². The smallest absolute Gasteiger partial charge is 0.251 e. The van der Waals surface area contributed by atoms with Crippen molar-refractivity contribution < 1.29 is 9.53 Å². The zero-order chi connectivity index (χ0) is 24.8. The lowest BCUT2D eigenvalue weighted by Gasteiger charge is -2.27. The van der Waals surface area contributed by atoms with Gasteiger partial charge in [-0.15, -0.1) is 11.3 Å². The number of ether oxygens (including phenoxy) is 1. The lowest BCUT2D eigenvalue weighted by molar-refractivity contribution is -0.120. The Kier molecular flexibility index (Phi) is 7.32. The molecule has 4 aromatic rings. The third-order valence-electron chi connectivity index (χ3n) is 5.62. The van der Waals surface area contributed by atoms with Gasteiger partial charge in [0.05, 0.1) is 12.8 Å². The largest absolute Gasteiger partial charge is 0.497 e. The van der Waals surface area contributed by atoms with Crippen molar-refractivity contribution in [1.82, 2.24) is 10.3 Å². The molecule has 0 saturated heterocycles. The number of carbonyl (C=O) groups is 1. The van der Waals surface area contributed by atoms with Gasteiger partial charge in [-0.05, 0) is 31.5 Å². The number of nitrogens with zero attached hydrogens (tertiary/aromatic N) is 1. The number of methoxy groups -OCH3 is 1. The summed E-state index contributed by atoms with van der Waals surface area (Å²) in [7, 11) is 1.62. The summed E-state index contributed by atoms with van der Waals surface area (Å²) in [5, 5.41) is 6.84. The standard InChI is InChI=1S/C29H29N3O2S/c1-20(23-16-11-17-24(19-23)34-4)32-29(2,3)27(33)31-28-30-26(22-14-9-6-10-15-22)25(35-28)18-21-12-7-5-8-13-21/h5-17,19,32H,1,18H2,2-4H3,(H,30,31,33). The van der Waals surface area contributed by atoms with Gasteiger partial charge in [0, 0.05) is 28.1 Å². The number of rotatable bonds is 9. The Labute approximate surface area is 210 Å². The first-order valence-corrected chi connectivity index (χ1v) is 12.2. The highest BCUT2D eigenvalue weighted by molar-refractivity contribution is 7.16. The van der Waals surface area contributed by atoms with Crippen molar-refractivity contribution >= 4 is 28.1 Å². The van der Waals surface area contributed by atoms with Crippen LogP contribution in [0.25, 0.3) is 17.0 Å². The highest BCUT2D eigenvalue weighted by Crippen LogP contribution is 2.33. The molecule has 0 spiro atoms. The summed E-state index contributed by atoms with van der Waals surface area (Å²) >= 11 is 1.50. The van der Waals surface area contributed by atoms with Crippen LogP contribution in [-0.2, 0) is 11.2 Å². The van der Waals surface area contributed by atoms with Crippen molar-refractivity contribution in [2.75, 3.05) is 12.4 Å². The molecule has 2 N–H and O–H groups in total. The van der Waals surface area contributed by atoms with E-state index in [1.165, 1.54) is 16.9 Å². The maximum Gasteiger partial charge on any atom is 0.251 e. The van der Waals surface area contributed by atoms with E-state index in [1.54, 1.807) is 7.11 Å². The van der Waals surface area contributed by atoms with Gasteiger partial charge in [-0.3, -0.25) is 10.1 Å². The van der Waals surface area contributed by atoms with Crippen molar-refractivity contribution in [3.05, 3.63) is 108 Å². The quantitative estimate of drug-likeness (QED) is 0.290. The number of amides is 1. The molecule has 1 aromatic heterocycles. The van der Waals surface area contributed by atoms with Crippen LogP contribution < -0.4 is 15.4 Å². The van der Waals surface area contributed by atoms with Gasteiger partial charge in [-0.1, -0.05) is 79.4 Å². The molecule has 0 aliphatic carbocycles. The first-order chi connectivity index (χ1) is 16.9. The molecule has 0 aliphatic heterocycles. The fraction of sp³-hybridized carbons (Fsp3) is 0.172. The molecule has 0 unspecified atom stereocenters. The van der Waals surface area contributed by atoms with Gasteiger partial charge >= 0.3 is 0 Å². The Bertz CT molecular complexity index is 1310. The third kappa shape index (κ3) is 5.97. The summed E-state index contributed by atoms with van der Waals surface area (Å²) < 4.78 is 5.30. The fourth-order valence-corrected chi connectivity index (χ4v) is 4.71. The van der Waals surface area contributed by atoms with E-state index in [0.717, 1.165) is 33.9 Å². The Balaban J connectivity index is 1.54. The highest BCUT2D eigenvalue weighted by Gasteiger charge is 2.29. The van der Waals surface area contributed by atoms with Crippen molar-refractivity contribution in [1.29, 1.82) is 0 Å². The zero-order valence-electron chi connectivity index (χ0n) is 20.2. The van der Waals surface area contributed by atoms with E-state index in [4.69, 9.17) is 9.72 Å². The van der Waals surface area contributed by atoms with Crippen LogP contribution in [0, 0.1) is 0 Å². The molecule has 0 atom stereocenters. The summed E-state index contributed by atoms with van der Waals surface area (Å²) in [6, 6.07) is 27.9. The molecule has 3 aromatic carbocycles. The normalized spacial score (nSPS) is 11.1. The van der Waals surface area contributed by atoms with Crippen LogP contribution in [0.15, 0.2) is 91.5 Å². The van der Waals surface area contributed by atoms with E-state index >= 15 is 0 Å². The fourth-order valence-electron chi connectivity index (χ4n) is 3.70. The Hall–Kier alpha value is -3.90. The van der Waals surface area contributed by atoms with E-state index in [1.807, 2.05) is 86.6 Å². The lowest BCUT2D eigenvalue weighted by Crippen LogP contribution is -2.48. The maximum absolute atomic E-state index is 13.3. The Morgan fingerprint density at radius 3 is 2.37 bits per heavy atom. The second-order valence-electron chi connectivity index (χ2n) is 8.73. The minimum Gasteiger partial charge on any atom is -0.497 e. The molecule has 0 radical (unpaired) electrons. The lowest BCUT2D eigenvalue weighted by atomic mass is 10.0. The van der Waals surface area contributed by atoms with E-state index in [2.05, 4.69) is 29.3 Å². The zero-order valence-corrected chi connectivity index (χ0v) is 21.0. The molecule has 1 amide bonds. The minimum absolute atomic E-state index is 0.193. The molecule has 0 bridgehead atoms. The van der Waals surface area contributed by atoms with Crippen LogP contribution in [0.3, 0.4) is 0 Å². The maximum atomic E-state index is 13.3. The first-order valence-electron chi connectivity index (χ1n) is 11.4. The Morgan fingerprint density at radius 1 is 1.00 bits per heavy atom. The number of hydrogen-bond acceptors (Lipinski definition) is 5. The van der Waals surface area contributed by atoms with Crippen molar-refractivity contribution in [2.45, 2.75) is 25.8 Å². The summed E-state index contributed by atoms with van der Waals surface area (Å²) in [4.78, 5) is 19.2. The van der Waals surface area contributed by atoms with Crippen LogP contribution in [0.4, 0.5) is 5.13 Å². The molecule has 5 nitrogen and oxygen atoms in total. The number of nitrogens with one attached hydrogen (secondary N) is 2. The monoisotopic (exact) mass is 483 g/mol. The molecule has 4 rings (SSSR count). The van der Waals surface area contributed by atoms with Gasteiger partial charge in [0.15, 0.2) is 5.13 Å². The van der Waals surface area contributed by atoms with Gasteiger partial charge in [0.25, 0.3) is 5.91 Å². The van der Waals surface area contributed by atoms with Gasteiger partial charge in [-0.25, -0.2) is 4.98 Å². The Morgan fingerprint density at radius 2 is 1.69 bits per heavy atom. The van der Waals surface area contributed by atoms with Crippen LogP contribution in [0.2, 0.25) is 0 Å². The summed E-state index contributed by atoms with van der Waals surface area (Å²) in [5.74, 6) is 0.538. The number of carbonyl (C=O) groups excluding carboxylic acids is 1. The van der Waals surface area contributed by atoms with Gasteiger partial charge in [-0.2, -0.15) is 0 Å². The SMILES string of the molecule is C=C(NC(C)(C)C(=O)Nc1nc(-c2ccccc2)c(Cc2ccccc2)s1)c1cccc(OC)c1. The van der Waals surface area contributed by atoms with Crippen molar-refractivity contribution in [3.8, 4) is 17.0 Å². The second-order valence-corrected chi connectivity index (χ2v) is 9.82. The third-order valence-corrected chi connectivity index (χ3v) is 6.59. The molecular weight excluding hydrogens is 454 g/mol. The van der Waals surface area contributed by atoms with Crippen LogP contribution in [-0.4, -0.2) is 23.5 Å². The molecule has 0 aliphatic rings. The molecule has 0 saturated carbocycles. The van der Waals surface area contributed by atoms with E-state index in [9.17, 15) is 4.79 Å². The highest BCUT2D eigenvalue weighted by atomic mass is 32.1. The molecule has 6 heteroatoms. The molecule has 0 fully saturated rings. The van der Waals surface area contributed by atoms with Gasteiger partial charge in [0.2, 0.25) is 0 Å². The number of benzene rings is 3. The van der Waals surface area contributed by atoms with Gasteiger partial charge in [0.1, 0.15) is 11.3 Å². The average Bonchev–Trinajstić information content (AvgIpc) is 3.26. The molecule has 35 heavy (non-hydrogen) atoms. The molecular formula is C29H29N3O2S. The summed E-state index contributed by atoms with van der Waals surface area (Å²) in [6.07, 6.45) is 0.743. The summed E-state index contributed by atoms with van der Waals surface area (Å²) in [6.45, 7) is 7.77. The number of aromatic nitrogens is 1. The van der Waals surface area contributed by atoms with E-state index in [0.29, 0.717) is 10.8 Å². The van der Waals surface area contributed by atoms with E-state index in [-0.39, 0.29) is 5.91 Å². The van der Waals surface area contributed by atoms with Gasteiger partial charge < -0.3 is 10.1 Å². The van der Waals surface area contributed by atoms with Crippen LogP contribution in [0.1, 0.15) is 29.9 Å². The number of thiazole rings is 1. The van der Waals surface area contributed by atoms with Crippen molar-refractivity contribution in [2.24, 2.45) is 0 Å². The van der Waals surface area contributed by atoms with Crippen molar-refractivity contribution in [3.63, 3.8) is 0 Å². The first kappa shape index (κ1) is 24.2. The summed E-state index contributed by atoms with van der Waals surface area (Å²) in [5.41, 5.74) is 3.69. The topological polar surface area (TPSA) is 63.2 Å². The predicted molar refractivity (Wildman–Crippen MR) is 145 cm³/mol. The minimum atomic E-state index is -0.918.